The highest BCUT2D eigenvalue weighted by atomic mass is 35.5. The first-order chi connectivity index (χ1) is 9.25. The Hall–Kier alpha value is -1.80. The van der Waals surface area contributed by atoms with Gasteiger partial charge in [-0.05, 0) is 17.5 Å². The summed E-state index contributed by atoms with van der Waals surface area (Å²) in [6.07, 6.45) is 0.712. The smallest absolute Gasteiger partial charge is 0.160 e. The van der Waals surface area contributed by atoms with Gasteiger partial charge in [0.2, 0.25) is 0 Å². The Kier molecular flexibility index (Phi) is 4.23. The van der Waals surface area contributed by atoms with Gasteiger partial charge in [-0.15, -0.1) is 0 Å². The van der Waals surface area contributed by atoms with E-state index in [-0.39, 0.29) is 5.17 Å². The Morgan fingerprint density at radius 2 is 1.42 bits per heavy atom. The van der Waals surface area contributed by atoms with Crippen LogP contribution >= 0.6 is 11.6 Å². The number of benzene rings is 2. The van der Waals surface area contributed by atoms with E-state index in [1.165, 1.54) is 0 Å². The first-order valence-electron chi connectivity index (χ1n) is 6.24. The molecule has 0 unspecified atom stereocenters. The number of nitrogens with zero attached hydrogens (tertiary/aromatic N) is 1. The number of hydrogen-bond donors (Lipinski definition) is 1. The number of rotatable bonds is 4. The highest BCUT2D eigenvalue weighted by Crippen LogP contribution is 2.38. The normalized spacial score (nSPS) is 12.4. The molecule has 0 aliphatic carbocycles. The van der Waals surface area contributed by atoms with E-state index >= 15 is 0 Å². The standard InChI is InChI=1S/C16H16ClNO/c1-2-16(15(17)18-19,13-9-5-3-6-10-13)14-11-7-4-8-12-14/h3-12,19H,2H2,1H3/b18-15-. The summed E-state index contributed by atoms with van der Waals surface area (Å²) >= 11 is 6.26. The molecule has 0 spiro atoms. The van der Waals surface area contributed by atoms with E-state index in [1.54, 1.807) is 0 Å². The van der Waals surface area contributed by atoms with Crippen LogP contribution in [0.2, 0.25) is 0 Å². The van der Waals surface area contributed by atoms with Crippen LogP contribution in [0.4, 0.5) is 0 Å². The van der Waals surface area contributed by atoms with Crippen LogP contribution in [0.5, 0.6) is 0 Å². The van der Waals surface area contributed by atoms with Gasteiger partial charge < -0.3 is 5.21 Å². The molecule has 0 aromatic heterocycles. The van der Waals surface area contributed by atoms with Crippen LogP contribution in [-0.2, 0) is 5.41 Å². The molecular formula is C16H16ClNO. The molecule has 19 heavy (non-hydrogen) atoms. The van der Waals surface area contributed by atoms with Crippen molar-refractivity contribution in [3.8, 4) is 0 Å². The number of hydrogen-bond acceptors (Lipinski definition) is 2. The lowest BCUT2D eigenvalue weighted by molar-refractivity contribution is 0.316. The zero-order valence-electron chi connectivity index (χ0n) is 10.8. The maximum atomic E-state index is 9.18. The minimum absolute atomic E-state index is 0.187. The Morgan fingerprint density at radius 3 is 1.74 bits per heavy atom. The minimum atomic E-state index is -0.598. The summed E-state index contributed by atoms with van der Waals surface area (Å²) in [5.74, 6) is 0. The van der Waals surface area contributed by atoms with E-state index in [0.29, 0.717) is 6.42 Å². The second kappa shape index (κ2) is 5.89. The first kappa shape index (κ1) is 13.6. The van der Waals surface area contributed by atoms with Gasteiger partial charge in [-0.2, -0.15) is 0 Å². The van der Waals surface area contributed by atoms with Crippen molar-refractivity contribution in [3.05, 3.63) is 71.8 Å². The van der Waals surface area contributed by atoms with Gasteiger partial charge in [-0.3, -0.25) is 0 Å². The van der Waals surface area contributed by atoms with Crippen molar-refractivity contribution in [2.75, 3.05) is 0 Å². The summed E-state index contributed by atoms with van der Waals surface area (Å²) in [6, 6.07) is 19.8. The molecule has 2 aromatic rings. The predicted molar refractivity (Wildman–Crippen MR) is 79.0 cm³/mol. The topological polar surface area (TPSA) is 32.6 Å². The lowest BCUT2D eigenvalue weighted by atomic mass is 9.73. The molecule has 2 nitrogen and oxygen atoms in total. The molecule has 0 aliphatic rings. The van der Waals surface area contributed by atoms with Crippen LogP contribution in [0.3, 0.4) is 0 Å². The largest absolute Gasteiger partial charge is 0.410 e. The maximum Gasteiger partial charge on any atom is 0.160 e. The van der Waals surface area contributed by atoms with Gasteiger partial charge >= 0.3 is 0 Å². The van der Waals surface area contributed by atoms with Gasteiger partial charge in [0, 0.05) is 0 Å². The maximum absolute atomic E-state index is 9.18. The molecule has 0 atom stereocenters. The molecule has 98 valence electrons. The molecule has 0 heterocycles. The quantitative estimate of drug-likeness (QED) is 0.500. The summed E-state index contributed by atoms with van der Waals surface area (Å²) in [5, 5.41) is 12.6. The summed E-state index contributed by atoms with van der Waals surface area (Å²) in [7, 11) is 0. The minimum Gasteiger partial charge on any atom is -0.410 e. The predicted octanol–water partition coefficient (Wildman–Crippen LogP) is 4.41. The van der Waals surface area contributed by atoms with Crippen molar-refractivity contribution in [2.45, 2.75) is 18.8 Å². The van der Waals surface area contributed by atoms with E-state index in [2.05, 4.69) is 5.16 Å². The average Bonchev–Trinajstić information content (AvgIpc) is 2.50. The van der Waals surface area contributed by atoms with E-state index in [0.717, 1.165) is 11.1 Å². The molecule has 3 heteroatoms. The van der Waals surface area contributed by atoms with Crippen LogP contribution < -0.4 is 0 Å². The third-order valence-electron chi connectivity index (χ3n) is 3.50. The first-order valence-corrected chi connectivity index (χ1v) is 6.62. The molecule has 0 fully saturated rings. The number of halogens is 1. The molecular weight excluding hydrogens is 258 g/mol. The van der Waals surface area contributed by atoms with Crippen molar-refractivity contribution < 1.29 is 5.21 Å². The number of oxime groups is 1. The van der Waals surface area contributed by atoms with Gasteiger partial charge in [0.25, 0.3) is 0 Å². The van der Waals surface area contributed by atoms with Crippen molar-refractivity contribution in [1.29, 1.82) is 0 Å². The fraction of sp³-hybridized carbons (Fsp3) is 0.188. The van der Waals surface area contributed by atoms with Gasteiger partial charge in [-0.1, -0.05) is 84.3 Å². The van der Waals surface area contributed by atoms with Crippen LogP contribution in [0.15, 0.2) is 65.8 Å². The Bertz CT molecular complexity index is 512. The van der Waals surface area contributed by atoms with Crippen molar-refractivity contribution in [1.82, 2.24) is 0 Å². The van der Waals surface area contributed by atoms with Crippen molar-refractivity contribution >= 4 is 16.8 Å². The molecule has 2 aromatic carbocycles. The summed E-state index contributed by atoms with van der Waals surface area (Å²) in [6.45, 7) is 2.04. The van der Waals surface area contributed by atoms with Gasteiger partial charge in [0.05, 0.1) is 5.41 Å². The molecule has 2 rings (SSSR count). The Morgan fingerprint density at radius 1 is 1.00 bits per heavy atom. The third-order valence-corrected chi connectivity index (χ3v) is 3.90. The molecule has 0 saturated heterocycles. The van der Waals surface area contributed by atoms with Crippen LogP contribution in [0.25, 0.3) is 0 Å². The van der Waals surface area contributed by atoms with E-state index in [4.69, 9.17) is 11.6 Å². The third kappa shape index (κ3) is 2.36. The van der Waals surface area contributed by atoms with E-state index in [9.17, 15) is 5.21 Å². The van der Waals surface area contributed by atoms with Crippen LogP contribution in [0, 0.1) is 0 Å². The zero-order chi connectivity index (χ0) is 13.7. The van der Waals surface area contributed by atoms with Crippen LogP contribution in [0.1, 0.15) is 24.5 Å². The van der Waals surface area contributed by atoms with Gasteiger partial charge in [-0.25, -0.2) is 0 Å². The second-order valence-electron chi connectivity index (χ2n) is 4.38. The second-order valence-corrected chi connectivity index (χ2v) is 4.74. The summed E-state index contributed by atoms with van der Waals surface area (Å²) in [4.78, 5) is 0. The van der Waals surface area contributed by atoms with Crippen molar-refractivity contribution in [2.24, 2.45) is 5.16 Å². The molecule has 0 bridgehead atoms. The zero-order valence-corrected chi connectivity index (χ0v) is 11.5. The Balaban J connectivity index is 2.69. The molecule has 0 aliphatic heterocycles. The lowest BCUT2D eigenvalue weighted by Crippen LogP contribution is -2.33. The Labute approximate surface area is 118 Å². The van der Waals surface area contributed by atoms with Gasteiger partial charge in [0.1, 0.15) is 0 Å². The molecule has 0 radical (unpaired) electrons. The average molecular weight is 274 g/mol. The van der Waals surface area contributed by atoms with Gasteiger partial charge in [0.15, 0.2) is 5.17 Å². The highest BCUT2D eigenvalue weighted by molar-refractivity contribution is 6.67. The van der Waals surface area contributed by atoms with E-state index in [1.807, 2.05) is 67.6 Å². The SMILES string of the molecule is CCC(/C(Cl)=N/O)(c1ccccc1)c1ccccc1. The lowest BCUT2D eigenvalue weighted by Gasteiger charge is -2.32. The monoisotopic (exact) mass is 273 g/mol. The van der Waals surface area contributed by atoms with E-state index < -0.39 is 5.41 Å². The highest BCUT2D eigenvalue weighted by Gasteiger charge is 2.37. The van der Waals surface area contributed by atoms with Crippen LogP contribution in [-0.4, -0.2) is 10.4 Å². The summed E-state index contributed by atoms with van der Waals surface area (Å²) in [5.41, 5.74) is 1.44. The fourth-order valence-electron chi connectivity index (χ4n) is 2.49. The molecule has 0 saturated carbocycles. The van der Waals surface area contributed by atoms with Crippen molar-refractivity contribution in [3.63, 3.8) is 0 Å². The summed E-state index contributed by atoms with van der Waals surface area (Å²) < 4.78 is 0. The fourth-order valence-corrected chi connectivity index (χ4v) is 2.84. The molecule has 1 N–H and O–H groups in total. The molecule has 0 amide bonds.